The van der Waals surface area contributed by atoms with E-state index >= 15 is 0 Å². The van der Waals surface area contributed by atoms with Crippen molar-refractivity contribution >= 4 is 38.6 Å². The number of carbonyl (C=O) groups is 1. The molecular weight excluding hydrogens is 352 g/mol. The van der Waals surface area contributed by atoms with Crippen LogP contribution < -0.4 is 4.72 Å². The van der Waals surface area contributed by atoms with Crippen LogP contribution in [0.4, 0.5) is 0 Å². The summed E-state index contributed by atoms with van der Waals surface area (Å²) in [6, 6.07) is 8.96. The van der Waals surface area contributed by atoms with E-state index < -0.39 is 15.9 Å². The lowest BCUT2D eigenvalue weighted by Gasteiger charge is -2.06. The highest BCUT2D eigenvalue weighted by atomic mass is 35.5. The Balaban J connectivity index is 1.91. The van der Waals surface area contributed by atoms with Gasteiger partial charge in [-0.3, -0.25) is 4.79 Å². The fourth-order valence-corrected chi connectivity index (χ4v) is 2.88. The van der Waals surface area contributed by atoms with Gasteiger partial charge >= 0.3 is 0 Å². The largest absolute Gasteiger partial charge is 0.268 e. The number of hydrogen-bond acceptors (Lipinski definition) is 5. The van der Waals surface area contributed by atoms with Crippen molar-refractivity contribution < 1.29 is 13.2 Å². The van der Waals surface area contributed by atoms with E-state index in [1.54, 1.807) is 23.0 Å². The van der Waals surface area contributed by atoms with Crippen LogP contribution in [0.3, 0.4) is 0 Å². The molecule has 124 valence electrons. The van der Waals surface area contributed by atoms with Crippen LogP contribution in [0.2, 0.25) is 5.02 Å². The van der Waals surface area contributed by atoms with Crippen molar-refractivity contribution in [3.8, 4) is 0 Å². The van der Waals surface area contributed by atoms with Crippen molar-refractivity contribution in [3.05, 3.63) is 58.9 Å². The van der Waals surface area contributed by atoms with Crippen molar-refractivity contribution in [2.75, 3.05) is 6.26 Å². The van der Waals surface area contributed by atoms with Crippen LogP contribution >= 0.6 is 11.6 Å². The third-order valence-corrected chi connectivity index (χ3v) is 4.22. The van der Waals surface area contributed by atoms with Gasteiger partial charge in [-0.15, -0.1) is 0 Å². The highest BCUT2D eigenvalue weighted by Gasteiger charge is 2.14. The molecule has 1 N–H and O–H groups in total. The van der Waals surface area contributed by atoms with Crippen LogP contribution in [-0.4, -0.2) is 35.3 Å². The minimum atomic E-state index is -3.63. The second kappa shape index (κ2) is 6.21. The molecule has 0 saturated heterocycles. The van der Waals surface area contributed by atoms with Crippen molar-refractivity contribution in [2.24, 2.45) is 0 Å². The summed E-state index contributed by atoms with van der Waals surface area (Å²) in [6.07, 6.45) is 3.79. The first kappa shape index (κ1) is 16.4. The molecular formula is C15H13ClN4O3S. The lowest BCUT2D eigenvalue weighted by Crippen LogP contribution is -2.29. The number of fused-ring (bicyclic) bond motifs is 1. The predicted octanol–water partition coefficient (Wildman–Crippen LogP) is 1.82. The van der Waals surface area contributed by atoms with Crippen LogP contribution in [0.25, 0.3) is 11.0 Å². The fraction of sp³-hybridized carbons (Fsp3) is 0.133. The van der Waals surface area contributed by atoms with E-state index in [9.17, 15) is 13.2 Å². The molecule has 3 aromatic rings. The summed E-state index contributed by atoms with van der Waals surface area (Å²) in [5.74, 6) is -0.731. The van der Waals surface area contributed by atoms with Crippen LogP contribution in [0, 0.1) is 0 Å². The number of hydrogen-bond donors (Lipinski definition) is 1. The number of nitrogens with zero attached hydrogens (tertiary/aromatic N) is 3. The van der Waals surface area contributed by atoms with E-state index in [1.165, 1.54) is 6.20 Å². The minimum absolute atomic E-state index is 0.144. The second-order valence-electron chi connectivity index (χ2n) is 5.23. The smallest absolute Gasteiger partial charge is 0.266 e. The molecule has 24 heavy (non-hydrogen) atoms. The summed E-state index contributed by atoms with van der Waals surface area (Å²) in [4.78, 5) is 16.1. The maximum Gasteiger partial charge on any atom is 0.266 e. The van der Waals surface area contributed by atoms with Crippen molar-refractivity contribution in [2.45, 2.75) is 6.54 Å². The van der Waals surface area contributed by atoms with Gasteiger partial charge in [0.05, 0.1) is 24.6 Å². The summed E-state index contributed by atoms with van der Waals surface area (Å²) in [5.41, 5.74) is 1.61. The lowest BCUT2D eigenvalue weighted by molar-refractivity contribution is 0.0981. The van der Waals surface area contributed by atoms with Gasteiger partial charge in [0.25, 0.3) is 5.91 Å². The van der Waals surface area contributed by atoms with Crippen LogP contribution in [0.5, 0.6) is 0 Å². The molecule has 0 bridgehead atoms. The topological polar surface area (TPSA) is 93.9 Å². The maximum absolute atomic E-state index is 11.9. The molecule has 0 spiro atoms. The quantitative estimate of drug-likeness (QED) is 0.762. The number of amides is 1. The number of aromatic nitrogens is 3. The third-order valence-electron chi connectivity index (χ3n) is 3.29. The Morgan fingerprint density at radius 2 is 2.04 bits per heavy atom. The number of benzene rings is 1. The molecule has 7 nitrogen and oxygen atoms in total. The van der Waals surface area contributed by atoms with Crippen LogP contribution in [-0.2, 0) is 16.6 Å². The number of carbonyl (C=O) groups excluding carboxylic acids is 1. The Morgan fingerprint density at radius 1 is 1.29 bits per heavy atom. The summed E-state index contributed by atoms with van der Waals surface area (Å²) >= 11 is 6.15. The fourth-order valence-electron chi connectivity index (χ4n) is 2.23. The van der Waals surface area contributed by atoms with E-state index in [-0.39, 0.29) is 5.56 Å². The van der Waals surface area contributed by atoms with Gasteiger partial charge in [-0.1, -0.05) is 29.8 Å². The zero-order valence-corrected chi connectivity index (χ0v) is 14.2. The molecule has 0 radical (unpaired) electrons. The monoisotopic (exact) mass is 364 g/mol. The van der Waals surface area contributed by atoms with Crippen LogP contribution in [0.15, 0.2) is 42.7 Å². The number of sulfonamides is 1. The van der Waals surface area contributed by atoms with Crippen molar-refractivity contribution in [3.63, 3.8) is 0 Å². The summed E-state index contributed by atoms with van der Waals surface area (Å²) in [6.45, 7) is 0.436. The molecule has 0 atom stereocenters. The number of rotatable bonds is 4. The zero-order valence-electron chi connectivity index (χ0n) is 12.6. The molecule has 9 heteroatoms. The molecule has 0 aliphatic rings. The molecule has 0 aliphatic carbocycles. The second-order valence-corrected chi connectivity index (χ2v) is 7.39. The average Bonchev–Trinajstić information content (AvgIpc) is 2.90. The van der Waals surface area contributed by atoms with Crippen LogP contribution in [0.1, 0.15) is 15.9 Å². The normalized spacial score (nSPS) is 11.6. The Morgan fingerprint density at radius 3 is 2.75 bits per heavy atom. The predicted molar refractivity (Wildman–Crippen MR) is 90.4 cm³/mol. The summed E-state index contributed by atoms with van der Waals surface area (Å²) in [7, 11) is -3.63. The SMILES string of the molecule is CS(=O)(=O)NC(=O)c1cnc2c(cnn2Cc2ccccc2Cl)c1. The van der Waals surface area contributed by atoms with E-state index in [1.807, 2.05) is 22.9 Å². The molecule has 0 unspecified atom stereocenters. The first-order chi connectivity index (χ1) is 11.3. The molecule has 1 aromatic carbocycles. The van der Waals surface area contributed by atoms with Gasteiger partial charge in [0.2, 0.25) is 10.0 Å². The van der Waals surface area contributed by atoms with Gasteiger partial charge in [-0.25, -0.2) is 22.8 Å². The minimum Gasteiger partial charge on any atom is -0.268 e. The number of pyridine rings is 1. The Bertz CT molecular complexity index is 1030. The number of halogens is 1. The zero-order chi connectivity index (χ0) is 17.3. The molecule has 0 fully saturated rings. The average molecular weight is 365 g/mol. The first-order valence-electron chi connectivity index (χ1n) is 6.90. The van der Waals surface area contributed by atoms with Gasteiger partial charge in [0.15, 0.2) is 5.65 Å². The van der Waals surface area contributed by atoms with Crippen molar-refractivity contribution in [1.29, 1.82) is 0 Å². The van der Waals surface area contributed by atoms with E-state index in [2.05, 4.69) is 10.1 Å². The van der Waals surface area contributed by atoms with Gasteiger partial charge < -0.3 is 0 Å². The van der Waals surface area contributed by atoms with Crippen molar-refractivity contribution in [1.82, 2.24) is 19.5 Å². The molecule has 2 aromatic heterocycles. The van der Waals surface area contributed by atoms with Gasteiger partial charge in [0.1, 0.15) is 0 Å². The van der Waals surface area contributed by atoms with E-state index in [0.29, 0.717) is 22.6 Å². The third kappa shape index (κ3) is 3.55. The number of nitrogens with one attached hydrogen (secondary N) is 1. The molecule has 3 rings (SSSR count). The lowest BCUT2D eigenvalue weighted by atomic mass is 10.2. The molecule has 1 amide bonds. The van der Waals surface area contributed by atoms with Gasteiger partial charge in [0, 0.05) is 16.6 Å². The van der Waals surface area contributed by atoms with E-state index in [4.69, 9.17) is 11.6 Å². The highest BCUT2D eigenvalue weighted by Crippen LogP contribution is 2.19. The molecule has 0 aliphatic heterocycles. The summed E-state index contributed by atoms with van der Waals surface area (Å²) in [5, 5.41) is 5.51. The van der Waals surface area contributed by atoms with Gasteiger partial charge in [-0.05, 0) is 17.7 Å². The van der Waals surface area contributed by atoms with E-state index in [0.717, 1.165) is 11.8 Å². The molecule has 2 heterocycles. The summed E-state index contributed by atoms with van der Waals surface area (Å²) < 4.78 is 25.8. The first-order valence-corrected chi connectivity index (χ1v) is 9.17. The standard InChI is InChI=1S/C15H13ClN4O3S/c1-24(22,23)19-15(21)12-6-11-8-18-20(14(11)17-7-12)9-10-4-2-3-5-13(10)16/h2-8H,9H2,1H3,(H,19,21). The Kier molecular flexibility index (Phi) is 4.25. The highest BCUT2D eigenvalue weighted by molar-refractivity contribution is 7.89. The maximum atomic E-state index is 11.9. The van der Waals surface area contributed by atoms with Gasteiger partial charge in [-0.2, -0.15) is 5.10 Å². The Hall–Kier alpha value is -2.45. The molecule has 0 saturated carbocycles. The Labute approximate surface area is 143 Å².